The largest absolute Gasteiger partial charge is 0.340 e. The Labute approximate surface area is 151 Å². The lowest BCUT2D eigenvalue weighted by molar-refractivity contribution is -0.138. The monoisotopic (exact) mass is 352 g/mol. The lowest BCUT2D eigenvalue weighted by atomic mass is 10.0. The number of likely N-dealkylation sites (N-methyl/N-ethyl adjacent to an activating group) is 1. The maximum absolute atomic E-state index is 12.2. The molecule has 0 saturated carbocycles. The van der Waals surface area contributed by atoms with Crippen LogP contribution in [-0.4, -0.2) is 80.0 Å². The Hall–Kier alpha value is -1.14. The minimum atomic E-state index is 0. The molecule has 2 fully saturated rings. The zero-order valence-electron chi connectivity index (χ0n) is 14.5. The molecular weight excluding hydrogens is 324 g/mol. The van der Waals surface area contributed by atoms with Crippen LogP contribution < -0.4 is 5.32 Å². The number of nitrogens with zero attached hydrogens (tertiary/aromatic N) is 3. The van der Waals surface area contributed by atoms with E-state index in [0.717, 1.165) is 58.9 Å². The highest BCUT2D eigenvalue weighted by atomic mass is 35.5. The molecule has 2 heterocycles. The number of hydrogen-bond acceptors (Lipinski definition) is 4. The SMILES string of the molecule is CN(CCN1CCN(C(=O)C2CNC2)CC1)Cc1ccccc1.Cl. The smallest absolute Gasteiger partial charge is 0.228 e. The molecule has 134 valence electrons. The Bertz CT molecular complexity index is 501. The van der Waals surface area contributed by atoms with E-state index in [9.17, 15) is 4.79 Å². The Morgan fingerprint density at radius 1 is 1.17 bits per heavy atom. The van der Waals surface area contributed by atoms with Gasteiger partial charge >= 0.3 is 0 Å². The van der Waals surface area contributed by atoms with Gasteiger partial charge in [-0.05, 0) is 12.6 Å². The molecule has 1 N–H and O–H groups in total. The van der Waals surface area contributed by atoms with Gasteiger partial charge in [-0.3, -0.25) is 9.69 Å². The molecule has 2 saturated heterocycles. The van der Waals surface area contributed by atoms with E-state index in [2.05, 4.69) is 57.4 Å². The highest BCUT2D eigenvalue weighted by Gasteiger charge is 2.30. The molecule has 2 aliphatic heterocycles. The average molecular weight is 353 g/mol. The van der Waals surface area contributed by atoms with E-state index in [0.29, 0.717) is 5.91 Å². The summed E-state index contributed by atoms with van der Waals surface area (Å²) in [6.07, 6.45) is 0. The number of piperazine rings is 1. The van der Waals surface area contributed by atoms with E-state index in [-0.39, 0.29) is 18.3 Å². The molecule has 6 heteroatoms. The van der Waals surface area contributed by atoms with Gasteiger partial charge in [0.05, 0.1) is 5.92 Å². The third kappa shape index (κ3) is 5.18. The number of nitrogens with one attached hydrogen (secondary N) is 1. The first-order valence-corrected chi connectivity index (χ1v) is 8.67. The summed E-state index contributed by atoms with van der Waals surface area (Å²) >= 11 is 0. The molecule has 0 aliphatic carbocycles. The minimum Gasteiger partial charge on any atom is -0.340 e. The second kappa shape index (κ2) is 9.37. The second-order valence-electron chi connectivity index (χ2n) is 6.75. The first kappa shape index (κ1) is 19.2. The Kier molecular flexibility index (Phi) is 7.49. The van der Waals surface area contributed by atoms with Crippen molar-refractivity contribution in [3.05, 3.63) is 35.9 Å². The van der Waals surface area contributed by atoms with Gasteiger partial charge in [0.15, 0.2) is 0 Å². The summed E-state index contributed by atoms with van der Waals surface area (Å²) in [5.41, 5.74) is 1.36. The van der Waals surface area contributed by atoms with Crippen molar-refractivity contribution in [2.45, 2.75) is 6.54 Å². The van der Waals surface area contributed by atoms with E-state index >= 15 is 0 Å². The van der Waals surface area contributed by atoms with E-state index in [1.54, 1.807) is 0 Å². The topological polar surface area (TPSA) is 38.8 Å². The number of rotatable bonds is 6. The summed E-state index contributed by atoms with van der Waals surface area (Å²) in [6.45, 7) is 8.65. The maximum atomic E-state index is 12.2. The summed E-state index contributed by atoms with van der Waals surface area (Å²) in [6, 6.07) is 10.6. The molecular formula is C18H29ClN4O. The normalized spacial score (nSPS) is 19.0. The summed E-state index contributed by atoms with van der Waals surface area (Å²) in [4.78, 5) is 19.1. The van der Waals surface area contributed by atoms with E-state index in [1.807, 2.05) is 0 Å². The maximum Gasteiger partial charge on any atom is 0.228 e. The lowest BCUT2D eigenvalue weighted by Gasteiger charge is -2.38. The molecule has 2 aliphatic rings. The van der Waals surface area contributed by atoms with Crippen LogP contribution in [0.4, 0.5) is 0 Å². The number of hydrogen-bond donors (Lipinski definition) is 1. The van der Waals surface area contributed by atoms with Crippen LogP contribution in [0.15, 0.2) is 30.3 Å². The predicted molar refractivity (Wildman–Crippen MR) is 99.4 cm³/mol. The first-order valence-electron chi connectivity index (χ1n) is 8.67. The highest BCUT2D eigenvalue weighted by molar-refractivity contribution is 5.85. The van der Waals surface area contributed by atoms with Crippen LogP contribution in [0.5, 0.6) is 0 Å². The fraction of sp³-hybridized carbons (Fsp3) is 0.611. The van der Waals surface area contributed by atoms with Crippen LogP contribution in [0, 0.1) is 5.92 Å². The Morgan fingerprint density at radius 3 is 2.42 bits per heavy atom. The lowest BCUT2D eigenvalue weighted by Crippen LogP contribution is -2.56. The number of amides is 1. The third-order valence-corrected chi connectivity index (χ3v) is 4.91. The van der Waals surface area contributed by atoms with Crippen LogP contribution in [0.2, 0.25) is 0 Å². The van der Waals surface area contributed by atoms with Gasteiger partial charge in [0, 0.05) is 58.9 Å². The van der Waals surface area contributed by atoms with Gasteiger partial charge in [-0.15, -0.1) is 12.4 Å². The van der Waals surface area contributed by atoms with Gasteiger partial charge in [-0.25, -0.2) is 0 Å². The van der Waals surface area contributed by atoms with Gasteiger partial charge in [-0.1, -0.05) is 30.3 Å². The number of halogens is 1. The molecule has 24 heavy (non-hydrogen) atoms. The van der Waals surface area contributed by atoms with E-state index < -0.39 is 0 Å². The second-order valence-corrected chi connectivity index (χ2v) is 6.75. The number of carbonyl (C=O) groups excluding carboxylic acids is 1. The van der Waals surface area contributed by atoms with Crippen molar-refractivity contribution in [1.82, 2.24) is 20.0 Å². The summed E-state index contributed by atoms with van der Waals surface area (Å²) in [5, 5.41) is 3.18. The quantitative estimate of drug-likeness (QED) is 0.825. The molecule has 5 nitrogen and oxygen atoms in total. The van der Waals surface area contributed by atoms with Gasteiger partial charge in [0.1, 0.15) is 0 Å². The van der Waals surface area contributed by atoms with E-state index in [4.69, 9.17) is 0 Å². The zero-order valence-corrected chi connectivity index (χ0v) is 15.3. The fourth-order valence-corrected chi connectivity index (χ4v) is 3.20. The van der Waals surface area contributed by atoms with Crippen LogP contribution in [0.25, 0.3) is 0 Å². The summed E-state index contributed by atoms with van der Waals surface area (Å²) in [5.74, 6) is 0.586. The van der Waals surface area contributed by atoms with Crippen molar-refractivity contribution in [3.8, 4) is 0 Å². The standard InChI is InChI=1S/C18H28N4O.ClH/c1-20(15-16-5-3-2-4-6-16)7-8-21-9-11-22(12-10-21)18(23)17-13-19-14-17;/h2-6,17,19H,7-15H2,1H3;1H. The van der Waals surface area contributed by atoms with Crippen LogP contribution in [-0.2, 0) is 11.3 Å². The molecule has 0 aromatic heterocycles. The molecule has 3 rings (SSSR count). The van der Waals surface area contributed by atoms with Gasteiger partial charge in [0.25, 0.3) is 0 Å². The fourth-order valence-electron chi connectivity index (χ4n) is 3.20. The van der Waals surface area contributed by atoms with Crippen molar-refractivity contribution in [2.24, 2.45) is 5.92 Å². The van der Waals surface area contributed by atoms with Gasteiger partial charge < -0.3 is 15.1 Å². The van der Waals surface area contributed by atoms with Crippen LogP contribution in [0.3, 0.4) is 0 Å². The Balaban J connectivity index is 0.00000208. The average Bonchev–Trinajstić information content (AvgIpc) is 2.53. The van der Waals surface area contributed by atoms with Gasteiger partial charge in [0.2, 0.25) is 5.91 Å². The predicted octanol–water partition coefficient (Wildman–Crippen LogP) is 0.904. The van der Waals surface area contributed by atoms with Crippen molar-refractivity contribution >= 4 is 18.3 Å². The van der Waals surface area contributed by atoms with Crippen molar-refractivity contribution in [3.63, 3.8) is 0 Å². The zero-order chi connectivity index (χ0) is 16.1. The molecule has 0 radical (unpaired) electrons. The van der Waals surface area contributed by atoms with E-state index in [1.165, 1.54) is 5.56 Å². The van der Waals surface area contributed by atoms with Crippen LogP contribution >= 0.6 is 12.4 Å². The summed E-state index contributed by atoms with van der Waals surface area (Å²) in [7, 11) is 2.18. The van der Waals surface area contributed by atoms with Crippen molar-refractivity contribution in [1.29, 1.82) is 0 Å². The molecule has 0 bridgehead atoms. The summed E-state index contributed by atoms with van der Waals surface area (Å²) < 4.78 is 0. The molecule has 1 aromatic carbocycles. The van der Waals surface area contributed by atoms with Crippen molar-refractivity contribution < 1.29 is 4.79 Å². The third-order valence-electron chi connectivity index (χ3n) is 4.91. The number of benzene rings is 1. The molecule has 0 spiro atoms. The molecule has 0 atom stereocenters. The van der Waals surface area contributed by atoms with Crippen LogP contribution in [0.1, 0.15) is 5.56 Å². The first-order chi connectivity index (χ1) is 11.2. The molecule has 1 amide bonds. The molecule has 0 unspecified atom stereocenters. The van der Waals surface area contributed by atoms with Gasteiger partial charge in [-0.2, -0.15) is 0 Å². The minimum absolute atomic E-state index is 0. The van der Waals surface area contributed by atoms with Crippen molar-refractivity contribution in [2.75, 3.05) is 59.4 Å². The number of carbonyl (C=O) groups is 1. The highest BCUT2D eigenvalue weighted by Crippen LogP contribution is 2.11. The molecule has 1 aromatic rings. The Morgan fingerprint density at radius 2 is 1.83 bits per heavy atom.